The van der Waals surface area contributed by atoms with Gasteiger partial charge in [0.15, 0.2) is 5.82 Å². The highest BCUT2D eigenvalue weighted by molar-refractivity contribution is 9.08. The van der Waals surface area contributed by atoms with Crippen molar-refractivity contribution in [3.63, 3.8) is 0 Å². The number of rotatable bonds is 4. The standard InChI is InChI=1S/C11H11BrN4O3/c1-15-9(6-12)13-14-11(15)7-4-3-5-8(16(17)18)10(7)19-2/h3-5H,6H2,1-2H3. The van der Waals surface area contributed by atoms with Crippen molar-refractivity contribution in [3.8, 4) is 17.1 Å². The number of nitro benzene ring substituents is 1. The van der Waals surface area contributed by atoms with Crippen LogP contribution in [0.25, 0.3) is 11.4 Å². The molecule has 0 aliphatic rings. The van der Waals surface area contributed by atoms with Gasteiger partial charge in [-0.2, -0.15) is 0 Å². The molecule has 100 valence electrons. The minimum Gasteiger partial charge on any atom is -0.490 e. The summed E-state index contributed by atoms with van der Waals surface area (Å²) in [7, 11) is 3.19. The van der Waals surface area contributed by atoms with Crippen molar-refractivity contribution in [2.45, 2.75) is 5.33 Å². The van der Waals surface area contributed by atoms with Gasteiger partial charge in [-0.25, -0.2) is 0 Å². The van der Waals surface area contributed by atoms with E-state index >= 15 is 0 Å². The first-order chi connectivity index (χ1) is 9.10. The Morgan fingerprint density at radius 3 is 2.74 bits per heavy atom. The second kappa shape index (κ2) is 5.35. The van der Waals surface area contributed by atoms with Crippen LogP contribution in [0, 0.1) is 10.1 Å². The van der Waals surface area contributed by atoms with Crippen molar-refractivity contribution in [2.75, 3.05) is 7.11 Å². The number of ether oxygens (including phenoxy) is 1. The highest BCUT2D eigenvalue weighted by Crippen LogP contribution is 2.36. The molecule has 0 atom stereocenters. The number of nitrogens with zero attached hydrogens (tertiary/aromatic N) is 4. The third-order valence-corrected chi connectivity index (χ3v) is 3.22. The lowest BCUT2D eigenvalue weighted by atomic mass is 10.1. The van der Waals surface area contributed by atoms with Gasteiger partial charge in [-0.05, 0) is 6.07 Å². The lowest BCUT2D eigenvalue weighted by Gasteiger charge is -2.08. The number of hydrogen-bond acceptors (Lipinski definition) is 5. The van der Waals surface area contributed by atoms with Gasteiger partial charge in [0.1, 0.15) is 5.82 Å². The van der Waals surface area contributed by atoms with Crippen LogP contribution in [0.2, 0.25) is 0 Å². The van der Waals surface area contributed by atoms with Crippen molar-refractivity contribution in [1.82, 2.24) is 14.8 Å². The predicted octanol–water partition coefficient (Wildman–Crippen LogP) is 2.29. The maximum Gasteiger partial charge on any atom is 0.311 e. The molecule has 0 spiro atoms. The summed E-state index contributed by atoms with van der Waals surface area (Å²) in [6.07, 6.45) is 0. The molecule has 0 N–H and O–H groups in total. The van der Waals surface area contributed by atoms with E-state index < -0.39 is 4.92 Å². The summed E-state index contributed by atoms with van der Waals surface area (Å²) in [6.45, 7) is 0. The number of halogens is 1. The first-order valence-electron chi connectivity index (χ1n) is 5.36. The molecule has 0 unspecified atom stereocenters. The third kappa shape index (κ3) is 2.30. The molecule has 0 bridgehead atoms. The van der Waals surface area contributed by atoms with E-state index in [4.69, 9.17) is 4.74 Å². The van der Waals surface area contributed by atoms with E-state index in [1.807, 2.05) is 0 Å². The molecule has 0 saturated heterocycles. The highest BCUT2D eigenvalue weighted by atomic mass is 79.9. The summed E-state index contributed by atoms with van der Waals surface area (Å²) in [6, 6.07) is 4.70. The maximum absolute atomic E-state index is 11.0. The molecule has 0 amide bonds. The second-order valence-electron chi connectivity index (χ2n) is 3.75. The Labute approximate surface area is 117 Å². The summed E-state index contributed by atoms with van der Waals surface area (Å²) >= 11 is 3.30. The molecule has 0 fully saturated rings. The van der Waals surface area contributed by atoms with Gasteiger partial charge >= 0.3 is 5.69 Å². The van der Waals surface area contributed by atoms with E-state index in [0.717, 1.165) is 5.82 Å². The van der Waals surface area contributed by atoms with Crippen LogP contribution >= 0.6 is 15.9 Å². The number of aromatic nitrogens is 3. The molecule has 1 heterocycles. The summed E-state index contributed by atoms with van der Waals surface area (Å²) < 4.78 is 6.92. The zero-order valence-electron chi connectivity index (χ0n) is 10.3. The van der Waals surface area contributed by atoms with Gasteiger partial charge in [0, 0.05) is 13.1 Å². The molecule has 19 heavy (non-hydrogen) atoms. The van der Waals surface area contributed by atoms with Crippen LogP contribution in [0.3, 0.4) is 0 Å². The van der Waals surface area contributed by atoms with E-state index in [-0.39, 0.29) is 11.4 Å². The van der Waals surface area contributed by atoms with Gasteiger partial charge in [-0.1, -0.05) is 22.0 Å². The average molecular weight is 327 g/mol. The van der Waals surface area contributed by atoms with Crippen molar-refractivity contribution in [3.05, 3.63) is 34.1 Å². The Hall–Kier alpha value is -1.96. The van der Waals surface area contributed by atoms with Gasteiger partial charge in [-0.15, -0.1) is 10.2 Å². The Kier molecular flexibility index (Phi) is 3.79. The van der Waals surface area contributed by atoms with E-state index in [9.17, 15) is 10.1 Å². The van der Waals surface area contributed by atoms with E-state index in [2.05, 4.69) is 26.1 Å². The predicted molar refractivity (Wildman–Crippen MR) is 72.3 cm³/mol. The molecule has 0 radical (unpaired) electrons. The molecular weight excluding hydrogens is 316 g/mol. The number of nitro groups is 1. The first kappa shape index (κ1) is 13.5. The lowest BCUT2D eigenvalue weighted by molar-refractivity contribution is -0.385. The Bertz CT molecular complexity index is 626. The molecule has 2 aromatic rings. The van der Waals surface area contributed by atoms with Gasteiger partial charge < -0.3 is 9.30 Å². The van der Waals surface area contributed by atoms with E-state index in [1.54, 1.807) is 23.7 Å². The zero-order valence-corrected chi connectivity index (χ0v) is 11.9. The number of alkyl halides is 1. The lowest BCUT2D eigenvalue weighted by Crippen LogP contribution is -2.00. The second-order valence-corrected chi connectivity index (χ2v) is 4.31. The van der Waals surface area contributed by atoms with Gasteiger partial charge in [0.2, 0.25) is 5.75 Å². The highest BCUT2D eigenvalue weighted by Gasteiger charge is 2.22. The monoisotopic (exact) mass is 326 g/mol. The van der Waals surface area contributed by atoms with Crippen LogP contribution in [0.1, 0.15) is 5.82 Å². The fraction of sp³-hybridized carbons (Fsp3) is 0.273. The molecule has 0 aliphatic heterocycles. The molecule has 1 aromatic carbocycles. The van der Waals surface area contributed by atoms with Crippen LogP contribution in [0.5, 0.6) is 5.75 Å². The van der Waals surface area contributed by atoms with E-state index in [1.165, 1.54) is 13.2 Å². The fourth-order valence-corrected chi connectivity index (χ4v) is 2.26. The Morgan fingerprint density at radius 2 is 2.21 bits per heavy atom. The fourth-order valence-electron chi connectivity index (χ4n) is 1.77. The normalized spacial score (nSPS) is 10.5. The largest absolute Gasteiger partial charge is 0.490 e. The van der Waals surface area contributed by atoms with Crippen molar-refractivity contribution < 1.29 is 9.66 Å². The molecule has 0 saturated carbocycles. The Morgan fingerprint density at radius 1 is 1.47 bits per heavy atom. The van der Waals surface area contributed by atoms with Crippen molar-refractivity contribution in [2.24, 2.45) is 7.05 Å². The van der Waals surface area contributed by atoms with Crippen molar-refractivity contribution in [1.29, 1.82) is 0 Å². The average Bonchev–Trinajstić information content (AvgIpc) is 2.78. The molecular formula is C11H11BrN4O3. The number of methoxy groups -OCH3 is 1. The van der Waals surface area contributed by atoms with Crippen LogP contribution in [0.4, 0.5) is 5.69 Å². The zero-order chi connectivity index (χ0) is 14.0. The van der Waals surface area contributed by atoms with Crippen molar-refractivity contribution >= 4 is 21.6 Å². The summed E-state index contributed by atoms with van der Waals surface area (Å²) in [5.41, 5.74) is 0.447. The number of hydrogen-bond donors (Lipinski definition) is 0. The van der Waals surface area contributed by atoms with Gasteiger partial charge in [-0.3, -0.25) is 10.1 Å². The van der Waals surface area contributed by atoms with Gasteiger partial charge in [0.05, 0.1) is 22.9 Å². The van der Waals surface area contributed by atoms with Crippen LogP contribution in [0.15, 0.2) is 18.2 Å². The Balaban J connectivity index is 2.65. The summed E-state index contributed by atoms with van der Waals surface area (Å²) in [5.74, 6) is 1.43. The third-order valence-electron chi connectivity index (χ3n) is 2.72. The summed E-state index contributed by atoms with van der Waals surface area (Å²) in [5, 5.41) is 19.6. The number of benzene rings is 1. The summed E-state index contributed by atoms with van der Waals surface area (Å²) in [4.78, 5) is 10.5. The smallest absolute Gasteiger partial charge is 0.311 e. The van der Waals surface area contributed by atoms with Crippen LogP contribution in [-0.4, -0.2) is 26.8 Å². The molecule has 7 nitrogen and oxygen atoms in total. The van der Waals surface area contributed by atoms with E-state index in [0.29, 0.717) is 16.7 Å². The topological polar surface area (TPSA) is 83.1 Å². The SMILES string of the molecule is COc1c(-c2nnc(CBr)n2C)cccc1[N+](=O)[O-]. The van der Waals surface area contributed by atoms with Crippen LogP contribution in [-0.2, 0) is 12.4 Å². The quantitative estimate of drug-likeness (QED) is 0.489. The molecule has 0 aliphatic carbocycles. The van der Waals surface area contributed by atoms with Gasteiger partial charge in [0.25, 0.3) is 0 Å². The molecule has 2 rings (SSSR count). The first-order valence-corrected chi connectivity index (χ1v) is 6.48. The minimum absolute atomic E-state index is 0.0941. The molecule has 8 heteroatoms. The number of para-hydroxylation sites is 1. The minimum atomic E-state index is -0.482. The maximum atomic E-state index is 11.0. The molecule has 1 aromatic heterocycles. The van der Waals surface area contributed by atoms with Crippen LogP contribution < -0.4 is 4.74 Å².